The molecule has 0 aliphatic heterocycles. The van der Waals surface area contributed by atoms with Crippen molar-refractivity contribution in [3.8, 4) is 17.2 Å². The molecule has 0 atom stereocenters. The van der Waals surface area contributed by atoms with Gasteiger partial charge in [-0.15, -0.1) is 0 Å². The smallest absolute Gasteiger partial charge is 0.336 e. The first kappa shape index (κ1) is 24.6. The van der Waals surface area contributed by atoms with Crippen molar-refractivity contribution < 1.29 is 28.7 Å². The molecule has 0 heterocycles. The number of carbonyl (C=O) groups excluding carboxylic acids is 2. The molecule has 35 heavy (non-hydrogen) atoms. The minimum atomic E-state index is -0.561. The number of carbonyl (C=O) groups is 2. The highest BCUT2D eigenvalue weighted by Gasteiger charge is 2.09. The number of hydrogen-bond donors (Lipinski definition) is 1. The average molecular weight is 475 g/mol. The summed E-state index contributed by atoms with van der Waals surface area (Å²) in [5.74, 6) is -0.240. The van der Waals surface area contributed by atoms with E-state index in [2.05, 4.69) is 10.5 Å². The van der Waals surface area contributed by atoms with Crippen LogP contribution in [0, 0.1) is 10.1 Å². The summed E-state index contributed by atoms with van der Waals surface area (Å²) in [6.07, 6.45) is 4.34. The molecule has 0 saturated carbocycles. The van der Waals surface area contributed by atoms with Crippen LogP contribution < -0.4 is 19.6 Å². The van der Waals surface area contributed by atoms with Gasteiger partial charge in [-0.2, -0.15) is 5.10 Å². The number of ether oxygens (including phenoxy) is 3. The van der Waals surface area contributed by atoms with E-state index in [4.69, 9.17) is 14.2 Å². The number of benzene rings is 3. The highest BCUT2D eigenvalue weighted by atomic mass is 16.6. The Morgan fingerprint density at radius 2 is 1.74 bits per heavy atom. The van der Waals surface area contributed by atoms with E-state index in [1.54, 1.807) is 24.3 Å². The van der Waals surface area contributed by atoms with Gasteiger partial charge in [0, 0.05) is 18.2 Å². The van der Waals surface area contributed by atoms with Gasteiger partial charge in [0.1, 0.15) is 5.75 Å². The van der Waals surface area contributed by atoms with E-state index in [-0.39, 0.29) is 18.0 Å². The van der Waals surface area contributed by atoms with Gasteiger partial charge in [0.05, 0.1) is 18.2 Å². The molecular formula is C25H21N3O7. The highest BCUT2D eigenvalue weighted by molar-refractivity contribution is 5.89. The van der Waals surface area contributed by atoms with E-state index < -0.39 is 16.8 Å². The molecular weight excluding hydrogens is 454 g/mol. The monoisotopic (exact) mass is 475 g/mol. The van der Waals surface area contributed by atoms with E-state index in [1.165, 1.54) is 43.7 Å². The van der Waals surface area contributed by atoms with Crippen LogP contribution in [-0.2, 0) is 9.59 Å². The minimum absolute atomic E-state index is 0.0775. The van der Waals surface area contributed by atoms with Crippen LogP contribution in [-0.4, -0.2) is 36.7 Å². The van der Waals surface area contributed by atoms with E-state index in [1.807, 2.05) is 30.3 Å². The number of rotatable bonds is 10. The summed E-state index contributed by atoms with van der Waals surface area (Å²) < 4.78 is 15.9. The third-order valence-corrected chi connectivity index (χ3v) is 4.43. The molecule has 0 aliphatic carbocycles. The maximum absolute atomic E-state index is 12.1. The van der Waals surface area contributed by atoms with Crippen molar-refractivity contribution in [3.05, 3.63) is 100 Å². The Kier molecular flexibility index (Phi) is 8.66. The topological polar surface area (TPSA) is 129 Å². The molecule has 0 saturated heterocycles. The Bertz CT molecular complexity index is 1240. The first-order valence-electron chi connectivity index (χ1n) is 10.3. The van der Waals surface area contributed by atoms with Crippen LogP contribution in [0.1, 0.15) is 11.1 Å². The predicted octanol–water partition coefficient (Wildman–Crippen LogP) is 3.75. The van der Waals surface area contributed by atoms with Crippen LogP contribution >= 0.6 is 0 Å². The van der Waals surface area contributed by atoms with Gasteiger partial charge in [-0.3, -0.25) is 14.9 Å². The number of nitrogens with zero attached hydrogens (tertiary/aromatic N) is 2. The number of nitrogens with one attached hydrogen (secondary N) is 1. The van der Waals surface area contributed by atoms with Crippen molar-refractivity contribution in [2.75, 3.05) is 13.7 Å². The summed E-state index contributed by atoms with van der Waals surface area (Å²) in [4.78, 5) is 34.1. The molecule has 0 aliphatic rings. The summed E-state index contributed by atoms with van der Waals surface area (Å²) >= 11 is 0. The van der Waals surface area contributed by atoms with Crippen LogP contribution in [0.5, 0.6) is 17.2 Å². The van der Waals surface area contributed by atoms with Gasteiger partial charge < -0.3 is 14.2 Å². The number of amides is 1. The molecule has 3 aromatic rings. The summed E-state index contributed by atoms with van der Waals surface area (Å²) in [6, 6.07) is 19.4. The average Bonchev–Trinajstić information content (AvgIpc) is 2.88. The lowest BCUT2D eigenvalue weighted by atomic mass is 10.2. The van der Waals surface area contributed by atoms with Crippen LogP contribution in [0.2, 0.25) is 0 Å². The Morgan fingerprint density at radius 1 is 1.00 bits per heavy atom. The lowest BCUT2D eigenvalue weighted by Crippen LogP contribution is -2.24. The number of nitro benzene ring substituents is 1. The normalized spacial score (nSPS) is 10.8. The van der Waals surface area contributed by atoms with Crippen LogP contribution in [0.4, 0.5) is 5.69 Å². The third kappa shape index (κ3) is 7.82. The summed E-state index contributed by atoms with van der Waals surface area (Å²) in [6.45, 7) is -0.330. The molecule has 1 amide bonds. The van der Waals surface area contributed by atoms with Crippen LogP contribution in [0.25, 0.3) is 6.08 Å². The minimum Gasteiger partial charge on any atom is -0.493 e. The molecule has 0 unspecified atom stereocenters. The Labute approximate surface area is 200 Å². The third-order valence-electron chi connectivity index (χ3n) is 4.43. The molecule has 0 spiro atoms. The zero-order valence-corrected chi connectivity index (χ0v) is 18.6. The summed E-state index contributed by atoms with van der Waals surface area (Å²) in [7, 11) is 1.44. The molecule has 1 N–H and O–H groups in total. The fraction of sp³-hybridized carbons (Fsp3) is 0.0800. The number of hydrogen-bond acceptors (Lipinski definition) is 8. The SMILES string of the molecule is COc1cc(/C=N\NC(=O)COc2ccc([N+](=O)[O-])cc2)ccc1OC(=O)/C=C/c1ccccc1. The molecule has 0 fully saturated rings. The highest BCUT2D eigenvalue weighted by Crippen LogP contribution is 2.28. The number of non-ortho nitro benzene ring substituents is 1. The fourth-order valence-corrected chi connectivity index (χ4v) is 2.74. The first-order chi connectivity index (χ1) is 16.9. The van der Waals surface area contributed by atoms with Gasteiger partial charge in [-0.25, -0.2) is 10.2 Å². The first-order valence-corrected chi connectivity index (χ1v) is 10.3. The van der Waals surface area contributed by atoms with Gasteiger partial charge in [0.15, 0.2) is 18.1 Å². The Balaban J connectivity index is 1.51. The van der Waals surface area contributed by atoms with Crippen molar-refractivity contribution in [2.24, 2.45) is 5.10 Å². The second-order valence-corrected chi connectivity index (χ2v) is 6.91. The molecule has 0 radical (unpaired) electrons. The molecule has 0 bridgehead atoms. The second-order valence-electron chi connectivity index (χ2n) is 6.91. The van der Waals surface area contributed by atoms with Gasteiger partial charge in [0.2, 0.25) is 0 Å². The van der Waals surface area contributed by atoms with E-state index in [0.717, 1.165) is 5.56 Å². The molecule has 3 aromatic carbocycles. The number of methoxy groups -OCH3 is 1. The largest absolute Gasteiger partial charge is 0.493 e. The quantitative estimate of drug-likeness (QED) is 0.118. The molecule has 10 heteroatoms. The lowest BCUT2D eigenvalue weighted by Gasteiger charge is -2.08. The van der Waals surface area contributed by atoms with E-state index in [0.29, 0.717) is 17.1 Å². The van der Waals surface area contributed by atoms with E-state index >= 15 is 0 Å². The molecule has 0 aromatic heterocycles. The number of esters is 1. The lowest BCUT2D eigenvalue weighted by molar-refractivity contribution is -0.384. The van der Waals surface area contributed by atoms with Crippen LogP contribution in [0.3, 0.4) is 0 Å². The standard InChI is InChI=1S/C25H21N3O7/c1-33-23-15-19(7-13-22(23)35-25(30)14-8-18-5-3-2-4-6-18)16-26-27-24(29)17-34-21-11-9-20(10-12-21)28(31)32/h2-16H,17H2,1H3,(H,27,29)/b14-8+,26-16-. The summed E-state index contributed by atoms with van der Waals surface area (Å²) in [5, 5.41) is 14.5. The molecule has 178 valence electrons. The van der Waals surface area contributed by atoms with E-state index in [9.17, 15) is 19.7 Å². The van der Waals surface area contributed by atoms with Crippen molar-refractivity contribution in [1.29, 1.82) is 0 Å². The van der Waals surface area contributed by atoms with Crippen molar-refractivity contribution in [2.45, 2.75) is 0 Å². The van der Waals surface area contributed by atoms with Crippen molar-refractivity contribution in [3.63, 3.8) is 0 Å². The number of hydrazone groups is 1. The van der Waals surface area contributed by atoms with Gasteiger partial charge in [0.25, 0.3) is 11.6 Å². The van der Waals surface area contributed by atoms with Crippen molar-refractivity contribution in [1.82, 2.24) is 5.43 Å². The van der Waals surface area contributed by atoms with Crippen LogP contribution in [0.15, 0.2) is 84.0 Å². The fourth-order valence-electron chi connectivity index (χ4n) is 2.74. The van der Waals surface area contributed by atoms with Crippen molar-refractivity contribution >= 4 is 29.9 Å². The maximum Gasteiger partial charge on any atom is 0.336 e. The molecule has 3 rings (SSSR count). The van der Waals surface area contributed by atoms with Gasteiger partial charge >= 0.3 is 5.97 Å². The predicted molar refractivity (Wildman–Crippen MR) is 128 cm³/mol. The Hall–Kier alpha value is -4.99. The maximum atomic E-state index is 12.1. The zero-order valence-electron chi connectivity index (χ0n) is 18.6. The van der Waals surface area contributed by atoms with Gasteiger partial charge in [-0.05, 0) is 47.5 Å². The molecule has 10 nitrogen and oxygen atoms in total. The Morgan fingerprint density at radius 3 is 2.43 bits per heavy atom. The second kappa shape index (κ2) is 12.3. The van der Waals surface area contributed by atoms with Gasteiger partial charge in [-0.1, -0.05) is 30.3 Å². The zero-order chi connectivity index (χ0) is 25.0. The number of nitro groups is 1. The summed E-state index contributed by atoms with van der Waals surface area (Å²) in [5.41, 5.74) is 3.68.